The van der Waals surface area contributed by atoms with Gasteiger partial charge in [-0.15, -0.1) is 0 Å². The Hall–Kier alpha value is -1.56. The van der Waals surface area contributed by atoms with Crippen LogP contribution >= 0.6 is 27.5 Å². The Labute approximate surface area is 149 Å². The molecule has 0 heterocycles. The molecule has 4 nitrogen and oxygen atoms in total. The standard InChI is InChI=1S/C17H18BrClN2O2/c1-21(10-12-3-8-16(23-2)15(18)9-12)11-17(22)20-14-6-4-13(19)5-7-14/h3-9H,10-11H2,1-2H3,(H,20,22). The second-order valence-electron chi connectivity index (χ2n) is 5.20. The van der Waals surface area contributed by atoms with Gasteiger partial charge >= 0.3 is 0 Å². The summed E-state index contributed by atoms with van der Waals surface area (Å²) in [6.07, 6.45) is 0. The molecule has 0 aromatic heterocycles. The van der Waals surface area contributed by atoms with Gasteiger partial charge in [-0.2, -0.15) is 0 Å². The van der Waals surface area contributed by atoms with Crippen LogP contribution in [0.3, 0.4) is 0 Å². The number of hydrogen-bond donors (Lipinski definition) is 1. The van der Waals surface area contributed by atoms with Gasteiger partial charge in [0.1, 0.15) is 5.75 Å². The maximum atomic E-state index is 12.1. The first-order valence-electron chi connectivity index (χ1n) is 7.04. The zero-order valence-corrected chi connectivity index (χ0v) is 15.3. The van der Waals surface area contributed by atoms with E-state index in [1.54, 1.807) is 31.4 Å². The summed E-state index contributed by atoms with van der Waals surface area (Å²) in [5, 5.41) is 3.49. The molecule has 0 radical (unpaired) electrons. The fourth-order valence-electron chi connectivity index (χ4n) is 2.15. The molecular weight excluding hydrogens is 380 g/mol. The molecule has 0 spiro atoms. The predicted octanol–water partition coefficient (Wildman–Crippen LogP) is 4.18. The predicted molar refractivity (Wildman–Crippen MR) is 97.1 cm³/mol. The number of nitrogens with one attached hydrogen (secondary N) is 1. The average Bonchev–Trinajstić information content (AvgIpc) is 2.49. The summed E-state index contributed by atoms with van der Waals surface area (Å²) in [6, 6.07) is 12.9. The monoisotopic (exact) mass is 396 g/mol. The molecule has 0 aliphatic rings. The zero-order chi connectivity index (χ0) is 16.8. The van der Waals surface area contributed by atoms with Crippen LogP contribution in [0.2, 0.25) is 5.02 Å². The summed E-state index contributed by atoms with van der Waals surface area (Å²) >= 11 is 9.29. The first-order chi connectivity index (χ1) is 11.0. The van der Waals surface area contributed by atoms with E-state index in [0.717, 1.165) is 21.5 Å². The highest BCUT2D eigenvalue weighted by atomic mass is 79.9. The number of amides is 1. The number of carbonyl (C=O) groups excluding carboxylic acids is 1. The lowest BCUT2D eigenvalue weighted by atomic mass is 10.2. The number of carbonyl (C=O) groups is 1. The number of nitrogens with zero attached hydrogens (tertiary/aromatic N) is 1. The summed E-state index contributed by atoms with van der Waals surface area (Å²) in [4.78, 5) is 14.0. The van der Waals surface area contributed by atoms with Gasteiger partial charge < -0.3 is 10.1 Å². The summed E-state index contributed by atoms with van der Waals surface area (Å²) in [6.45, 7) is 0.961. The topological polar surface area (TPSA) is 41.6 Å². The molecule has 0 fully saturated rings. The highest BCUT2D eigenvalue weighted by Gasteiger charge is 2.09. The minimum absolute atomic E-state index is 0.0672. The molecule has 2 aromatic rings. The number of halogens is 2. The van der Waals surface area contributed by atoms with Crippen LogP contribution in [0.15, 0.2) is 46.9 Å². The molecule has 0 atom stereocenters. The second kappa shape index (κ2) is 8.34. The summed E-state index contributed by atoms with van der Waals surface area (Å²) in [5.74, 6) is 0.722. The van der Waals surface area contributed by atoms with Crippen molar-refractivity contribution in [3.8, 4) is 5.75 Å². The maximum Gasteiger partial charge on any atom is 0.238 e. The van der Waals surface area contributed by atoms with Gasteiger partial charge in [-0.1, -0.05) is 17.7 Å². The van der Waals surface area contributed by atoms with Crippen molar-refractivity contribution in [3.05, 3.63) is 57.5 Å². The van der Waals surface area contributed by atoms with E-state index in [9.17, 15) is 4.79 Å². The SMILES string of the molecule is COc1ccc(CN(C)CC(=O)Nc2ccc(Cl)cc2)cc1Br. The third-order valence-electron chi connectivity index (χ3n) is 3.21. The molecule has 122 valence electrons. The Morgan fingerprint density at radius 2 is 1.96 bits per heavy atom. The van der Waals surface area contributed by atoms with E-state index in [0.29, 0.717) is 18.1 Å². The lowest BCUT2D eigenvalue weighted by Gasteiger charge is -2.17. The highest BCUT2D eigenvalue weighted by molar-refractivity contribution is 9.10. The molecule has 1 amide bonds. The Kier molecular flexibility index (Phi) is 6.45. The zero-order valence-electron chi connectivity index (χ0n) is 13.0. The van der Waals surface area contributed by atoms with E-state index < -0.39 is 0 Å². The highest BCUT2D eigenvalue weighted by Crippen LogP contribution is 2.25. The normalized spacial score (nSPS) is 10.7. The van der Waals surface area contributed by atoms with Crippen LogP contribution in [0.1, 0.15) is 5.56 Å². The van der Waals surface area contributed by atoms with Crippen LogP contribution in [0, 0.1) is 0 Å². The fourth-order valence-corrected chi connectivity index (χ4v) is 2.87. The molecule has 0 aliphatic carbocycles. The Morgan fingerprint density at radius 1 is 1.26 bits per heavy atom. The van der Waals surface area contributed by atoms with Gasteiger partial charge in [-0.25, -0.2) is 0 Å². The maximum absolute atomic E-state index is 12.1. The van der Waals surface area contributed by atoms with E-state index in [2.05, 4.69) is 21.2 Å². The van der Waals surface area contributed by atoms with Crippen molar-refractivity contribution < 1.29 is 9.53 Å². The van der Waals surface area contributed by atoms with Crippen molar-refractivity contribution >= 4 is 39.1 Å². The van der Waals surface area contributed by atoms with Gasteiger partial charge in [-0.3, -0.25) is 9.69 Å². The van der Waals surface area contributed by atoms with Gasteiger partial charge in [0, 0.05) is 17.3 Å². The minimum Gasteiger partial charge on any atom is -0.496 e. The molecule has 0 saturated carbocycles. The van der Waals surface area contributed by atoms with E-state index in [1.165, 1.54) is 0 Å². The molecular formula is C17H18BrClN2O2. The van der Waals surface area contributed by atoms with Crippen LogP contribution in [-0.2, 0) is 11.3 Å². The largest absolute Gasteiger partial charge is 0.496 e. The number of hydrogen-bond acceptors (Lipinski definition) is 3. The molecule has 0 unspecified atom stereocenters. The number of likely N-dealkylation sites (N-methyl/N-ethyl adjacent to an activating group) is 1. The summed E-state index contributed by atoms with van der Waals surface area (Å²) in [5.41, 5.74) is 1.83. The molecule has 0 saturated heterocycles. The van der Waals surface area contributed by atoms with Crippen molar-refractivity contribution in [3.63, 3.8) is 0 Å². The molecule has 23 heavy (non-hydrogen) atoms. The molecule has 2 aromatic carbocycles. The number of benzene rings is 2. The van der Waals surface area contributed by atoms with Gasteiger partial charge in [0.15, 0.2) is 0 Å². The van der Waals surface area contributed by atoms with Gasteiger partial charge in [-0.05, 0) is 64.9 Å². The lowest BCUT2D eigenvalue weighted by Crippen LogP contribution is -2.29. The van der Waals surface area contributed by atoms with Gasteiger partial charge in [0.2, 0.25) is 5.91 Å². The van der Waals surface area contributed by atoms with Crippen LogP contribution in [0.4, 0.5) is 5.69 Å². The van der Waals surface area contributed by atoms with Crippen LogP contribution in [-0.4, -0.2) is 31.5 Å². The quantitative estimate of drug-likeness (QED) is 0.795. The first-order valence-corrected chi connectivity index (χ1v) is 8.21. The molecule has 6 heteroatoms. The molecule has 2 rings (SSSR count). The third kappa shape index (κ3) is 5.53. The van der Waals surface area contributed by atoms with Crippen molar-refractivity contribution in [2.75, 3.05) is 26.0 Å². The van der Waals surface area contributed by atoms with Crippen molar-refractivity contribution in [1.29, 1.82) is 0 Å². The molecule has 0 bridgehead atoms. The Balaban J connectivity index is 1.88. The number of rotatable bonds is 6. The molecule has 1 N–H and O–H groups in total. The number of ether oxygens (including phenoxy) is 1. The Morgan fingerprint density at radius 3 is 2.57 bits per heavy atom. The van der Waals surface area contributed by atoms with E-state index in [4.69, 9.17) is 16.3 Å². The fraction of sp³-hybridized carbons (Fsp3) is 0.235. The first kappa shape index (κ1) is 17.8. The Bertz CT molecular complexity index is 677. The third-order valence-corrected chi connectivity index (χ3v) is 4.08. The van der Waals surface area contributed by atoms with Crippen LogP contribution in [0.25, 0.3) is 0 Å². The number of methoxy groups -OCH3 is 1. The van der Waals surface area contributed by atoms with Gasteiger partial charge in [0.25, 0.3) is 0 Å². The van der Waals surface area contributed by atoms with E-state index in [1.807, 2.05) is 30.1 Å². The van der Waals surface area contributed by atoms with Crippen LogP contribution < -0.4 is 10.1 Å². The minimum atomic E-state index is -0.0672. The average molecular weight is 398 g/mol. The molecule has 0 aliphatic heterocycles. The van der Waals surface area contributed by atoms with Gasteiger partial charge in [0.05, 0.1) is 18.1 Å². The summed E-state index contributed by atoms with van der Waals surface area (Å²) in [7, 11) is 3.53. The summed E-state index contributed by atoms with van der Waals surface area (Å²) < 4.78 is 6.11. The lowest BCUT2D eigenvalue weighted by molar-refractivity contribution is -0.117. The van der Waals surface area contributed by atoms with Crippen LogP contribution in [0.5, 0.6) is 5.75 Å². The van der Waals surface area contributed by atoms with Crippen molar-refractivity contribution in [2.24, 2.45) is 0 Å². The van der Waals surface area contributed by atoms with E-state index >= 15 is 0 Å². The van der Waals surface area contributed by atoms with Crippen molar-refractivity contribution in [2.45, 2.75) is 6.54 Å². The smallest absolute Gasteiger partial charge is 0.238 e. The van der Waals surface area contributed by atoms with E-state index in [-0.39, 0.29) is 5.91 Å². The van der Waals surface area contributed by atoms with Crippen molar-refractivity contribution in [1.82, 2.24) is 4.90 Å². The number of anilines is 1. The second-order valence-corrected chi connectivity index (χ2v) is 6.49.